The first-order chi connectivity index (χ1) is 15.1. The van der Waals surface area contributed by atoms with Crippen LogP contribution in [0.25, 0.3) is 17.0 Å². The normalized spacial score (nSPS) is 12.9. The number of nitrogens with one attached hydrogen (secondary N) is 2. The molecule has 0 fully saturated rings. The fourth-order valence-corrected chi connectivity index (χ4v) is 4.18. The van der Waals surface area contributed by atoms with Gasteiger partial charge in [-0.25, -0.2) is 9.97 Å². The number of fused-ring (bicyclic) bond motifs is 2. The molecule has 7 heteroatoms. The number of hydrogen-bond acceptors (Lipinski definition) is 5. The average molecular weight is 412 g/mol. The first-order valence-electron chi connectivity index (χ1n) is 10.5. The summed E-state index contributed by atoms with van der Waals surface area (Å²) in [6.45, 7) is 3.58. The zero-order valence-electron chi connectivity index (χ0n) is 17.4. The molecule has 1 aliphatic heterocycles. The third kappa shape index (κ3) is 3.48. The number of amides is 1. The molecule has 0 aliphatic carbocycles. The summed E-state index contributed by atoms with van der Waals surface area (Å²) in [4.78, 5) is 21.7. The summed E-state index contributed by atoms with van der Waals surface area (Å²) in [5.41, 5.74) is 11.9. The predicted molar refractivity (Wildman–Crippen MR) is 122 cm³/mol. The number of hydrogen-bond donors (Lipinski definition) is 3. The minimum Gasteiger partial charge on any atom is -0.381 e. The van der Waals surface area contributed by atoms with Gasteiger partial charge in [-0.05, 0) is 49.1 Å². The van der Waals surface area contributed by atoms with Crippen LogP contribution in [-0.2, 0) is 13.0 Å². The molecule has 3 aromatic heterocycles. The highest BCUT2D eigenvalue weighted by molar-refractivity contribution is 6.00. The molecule has 4 heterocycles. The van der Waals surface area contributed by atoms with Crippen LogP contribution in [0.5, 0.6) is 0 Å². The monoisotopic (exact) mass is 412 g/mol. The van der Waals surface area contributed by atoms with E-state index in [0.29, 0.717) is 17.9 Å². The van der Waals surface area contributed by atoms with Gasteiger partial charge in [-0.2, -0.15) is 0 Å². The topological polar surface area (TPSA) is 97.3 Å². The van der Waals surface area contributed by atoms with Gasteiger partial charge in [0.2, 0.25) is 0 Å². The lowest BCUT2D eigenvalue weighted by atomic mass is 10.1. The fraction of sp³-hybridized carbons (Fsp3) is 0.208. The predicted octanol–water partition coefficient (Wildman–Crippen LogP) is 3.77. The highest BCUT2D eigenvalue weighted by Gasteiger charge is 2.22. The minimum absolute atomic E-state index is 0.449. The Morgan fingerprint density at radius 1 is 1.19 bits per heavy atom. The van der Waals surface area contributed by atoms with Gasteiger partial charge in [-0.3, -0.25) is 4.79 Å². The second kappa shape index (κ2) is 7.75. The van der Waals surface area contributed by atoms with E-state index in [1.165, 1.54) is 5.56 Å². The standard InChI is InChI=1S/C24H24N6O/c1-15-13-19-17(22(25)31)9-6-12-30(19)21(15)24-28-18-10-5-11-26-20(18)23(29-24)27-14-16-7-3-2-4-8-16/h2-4,6-9,12-13,26H,5,10-11,14H2,1H3,(H2,25,31)(H,27,28,29). The SMILES string of the molecule is Cc1cc2c(C(N)=O)cccn2c1-c1nc2c(c(NCc3ccccc3)n1)NCCC2. The van der Waals surface area contributed by atoms with E-state index in [1.54, 1.807) is 6.07 Å². The van der Waals surface area contributed by atoms with Gasteiger partial charge < -0.3 is 20.8 Å². The van der Waals surface area contributed by atoms with Crippen molar-refractivity contribution >= 4 is 22.9 Å². The van der Waals surface area contributed by atoms with E-state index >= 15 is 0 Å². The molecule has 1 aromatic carbocycles. The largest absolute Gasteiger partial charge is 0.381 e. The smallest absolute Gasteiger partial charge is 0.250 e. The molecule has 0 bridgehead atoms. The van der Waals surface area contributed by atoms with Crippen LogP contribution in [0.2, 0.25) is 0 Å². The van der Waals surface area contributed by atoms with Crippen LogP contribution < -0.4 is 16.4 Å². The minimum atomic E-state index is -0.449. The van der Waals surface area contributed by atoms with Gasteiger partial charge in [0.25, 0.3) is 5.91 Å². The molecule has 5 rings (SSSR count). The fourth-order valence-electron chi connectivity index (χ4n) is 4.18. The van der Waals surface area contributed by atoms with Crippen molar-refractivity contribution < 1.29 is 4.79 Å². The van der Waals surface area contributed by atoms with E-state index in [2.05, 4.69) is 22.8 Å². The molecule has 4 aromatic rings. The van der Waals surface area contributed by atoms with Crippen LogP contribution in [0, 0.1) is 6.92 Å². The highest BCUT2D eigenvalue weighted by Crippen LogP contribution is 2.33. The number of aromatic nitrogens is 3. The van der Waals surface area contributed by atoms with Crippen molar-refractivity contribution in [3.05, 3.63) is 77.1 Å². The summed E-state index contributed by atoms with van der Waals surface area (Å²) in [6.07, 6.45) is 3.84. The summed E-state index contributed by atoms with van der Waals surface area (Å²) in [7, 11) is 0. The molecule has 1 amide bonds. The van der Waals surface area contributed by atoms with Crippen molar-refractivity contribution in [2.75, 3.05) is 17.2 Å². The third-order valence-electron chi connectivity index (χ3n) is 5.66. The van der Waals surface area contributed by atoms with E-state index in [4.69, 9.17) is 15.7 Å². The van der Waals surface area contributed by atoms with Gasteiger partial charge in [0.1, 0.15) is 0 Å². The Kier molecular flexibility index (Phi) is 4.78. The number of benzene rings is 1. The van der Waals surface area contributed by atoms with E-state index < -0.39 is 5.91 Å². The van der Waals surface area contributed by atoms with Crippen LogP contribution >= 0.6 is 0 Å². The molecule has 1 aliphatic rings. The molecule has 4 N–H and O–H groups in total. The molecule has 0 saturated heterocycles. The zero-order chi connectivity index (χ0) is 21.4. The zero-order valence-corrected chi connectivity index (χ0v) is 17.4. The van der Waals surface area contributed by atoms with Crippen molar-refractivity contribution in [1.82, 2.24) is 14.4 Å². The summed E-state index contributed by atoms with van der Waals surface area (Å²) in [5, 5.41) is 6.95. The van der Waals surface area contributed by atoms with Gasteiger partial charge in [-0.15, -0.1) is 0 Å². The van der Waals surface area contributed by atoms with Crippen LogP contribution in [0.3, 0.4) is 0 Å². The summed E-state index contributed by atoms with van der Waals surface area (Å²) in [5.74, 6) is 0.983. The maximum atomic E-state index is 11.9. The number of rotatable bonds is 5. The molecule has 0 saturated carbocycles. The van der Waals surface area contributed by atoms with E-state index in [9.17, 15) is 4.79 Å². The lowest BCUT2D eigenvalue weighted by Crippen LogP contribution is -2.18. The maximum absolute atomic E-state index is 11.9. The number of pyridine rings is 1. The summed E-state index contributed by atoms with van der Waals surface area (Å²) >= 11 is 0. The van der Waals surface area contributed by atoms with Gasteiger partial charge in [-0.1, -0.05) is 30.3 Å². The Balaban J connectivity index is 1.62. The Labute approximate surface area is 180 Å². The molecule has 7 nitrogen and oxygen atoms in total. The van der Waals surface area contributed by atoms with Crippen LogP contribution in [0.1, 0.15) is 33.6 Å². The van der Waals surface area contributed by atoms with E-state index in [0.717, 1.165) is 53.4 Å². The quantitative estimate of drug-likeness (QED) is 0.464. The van der Waals surface area contributed by atoms with Crippen molar-refractivity contribution in [1.29, 1.82) is 0 Å². The number of nitrogens with two attached hydrogens (primary N) is 1. The van der Waals surface area contributed by atoms with Gasteiger partial charge in [0, 0.05) is 19.3 Å². The lowest BCUT2D eigenvalue weighted by Gasteiger charge is -2.21. The Morgan fingerprint density at radius 3 is 2.84 bits per heavy atom. The molecular weight excluding hydrogens is 388 g/mol. The first kappa shape index (κ1) is 19.1. The van der Waals surface area contributed by atoms with Gasteiger partial charge in [0.05, 0.1) is 28.2 Å². The van der Waals surface area contributed by atoms with Crippen LogP contribution in [0.4, 0.5) is 11.5 Å². The average Bonchev–Trinajstić information content (AvgIpc) is 3.13. The lowest BCUT2D eigenvalue weighted by molar-refractivity contribution is 0.100. The van der Waals surface area contributed by atoms with Crippen LogP contribution in [-0.4, -0.2) is 26.8 Å². The van der Waals surface area contributed by atoms with Crippen molar-refractivity contribution in [3.63, 3.8) is 0 Å². The molecule has 0 atom stereocenters. The Morgan fingerprint density at radius 2 is 2.03 bits per heavy atom. The summed E-state index contributed by atoms with van der Waals surface area (Å²) in [6, 6.07) is 15.8. The number of carbonyl (C=O) groups excluding carboxylic acids is 1. The highest BCUT2D eigenvalue weighted by atomic mass is 16.1. The molecule has 0 spiro atoms. The van der Waals surface area contributed by atoms with Crippen molar-refractivity contribution in [2.45, 2.75) is 26.3 Å². The Hall–Kier alpha value is -3.87. The van der Waals surface area contributed by atoms with Crippen molar-refractivity contribution in [3.8, 4) is 11.5 Å². The van der Waals surface area contributed by atoms with Crippen LogP contribution in [0.15, 0.2) is 54.7 Å². The number of anilines is 2. The number of carbonyl (C=O) groups is 1. The van der Waals surface area contributed by atoms with Gasteiger partial charge in [0.15, 0.2) is 11.6 Å². The van der Waals surface area contributed by atoms with E-state index in [-0.39, 0.29) is 0 Å². The second-order valence-electron chi connectivity index (χ2n) is 7.80. The number of primary amides is 1. The molecule has 0 radical (unpaired) electrons. The molecule has 156 valence electrons. The number of nitrogens with zero attached hydrogens (tertiary/aromatic N) is 3. The molecular formula is C24H24N6O. The van der Waals surface area contributed by atoms with Gasteiger partial charge >= 0.3 is 0 Å². The molecule has 0 unspecified atom stereocenters. The second-order valence-corrected chi connectivity index (χ2v) is 7.80. The number of aryl methyl sites for hydroxylation is 2. The molecule has 31 heavy (non-hydrogen) atoms. The van der Waals surface area contributed by atoms with E-state index in [1.807, 2.05) is 47.9 Å². The maximum Gasteiger partial charge on any atom is 0.250 e. The Bertz CT molecular complexity index is 1280. The summed E-state index contributed by atoms with van der Waals surface area (Å²) < 4.78 is 1.95. The first-order valence-corrected chi connectivity index (χ1v) is 10.5. The third-order valence-corrected chi connectivity index (χ3v) is 5.66. The van der Waals surface area contributed by atoms with Crippen molar-refractivity contribution in [2.24, 2.45) is 5.73 Å².